The summed E-state index contributed by atoms with van der Waals surface area (Å²) in [6, 6.07) is 19.0. The van der Waals surface area contributed by atoms with E-state index in [1.165, 1.54) is 5.56 Å². The summed E-state index contributed by atoms with van der Waals surface area (Å²) in [7, 11) is 0. The number of carbonyl (C=O) groups is 2. The number of para-hydroxylation sites is 1. The first kappa shape index (κ1) is 33.2. The molecular weight excluding hydrogens is 532 g/mol. The van der Waals surface area contributed by atoms with Crippen LogP contribution in [-0.2, 0) is 21.4 Å². The molecule has 4 rings (SSSR count). The summed E-state index contributed by atoms with van der Waals surface area (Å²) in [5, 5.41) is 14.3. The van der Waals surface area contributed by atoms with Gasteiger partial charge in [0.15, 0.2) is 0 Å². The molecule has 1 aliphatic heterocycles. The van der Waals surface area contributed by atoms with E-state index in [1.807, 2.05) is 29.2 Å². The SMILES string of the molecule is CCc1ccccc1NC(=O)CCN1CCC[C@@](CC(C)CC)(c2ccccc2)CCCC(CC2(O)CCC2)C(C)C1=O. The highest BCUT2D eigenvalue weighted by Gasteiger charge is 2.41. The van der Waals surface area contributed by atoms with Gasteiger partial charge in [-0.2, -0.15) is 0 Å². The zero-order valence-corrected chi connectivity index (χ0v) is 27.2. The number of rotatable bonds is 11. The molecular formula is C38H56N2O3. The van der Waals surface area contributed by atoms with E-state index in [4.69, 9.17) is 0 Å². The highest BCUT2D eigenvalue weighted by atomic mass is 16.3. The first-order chi connectivity index (χ1) is 20.7. The summed E-state index contributed by atoms with van der Waals surface area (Å²) in [4.78, 5) is 29.2. The van der Waals surface area contributed by atoms with Crippen LogP contribution in [0, 0.1) is 17.8 Å². The first-order valence-corrected chi connectivity index (χ1v) is 17.1. The van der Waals surface area contributed by atoms with E-state index in [0.717, 1.165) is 81.9 Å². The number of anilines is 1. The number of benzene rings is 2. The third kappa shape index (κ3) is 8.71. The van der Waals surface area contributed by atoms with Crippen LogP contribution in [0.2, 0.25) is 0 Å². The lowest BCUT2D eigenvalue weighted by molar-refractivity contribution is -0.139. The van der Waals surface area contributed by atoms with Crippen molar-refractivity contribution in [2.24, 2.45) is 17.8 Å². The van der Waals surface area contributed by atoms with Crippen LogP contribution in [-0.4, -0.2) is 40.5 Å². The second-order valence-corrected chi connectivity index (χ2v) is 13.8. The molecule has 0 aromatic heterocycles. The number of aliphatic hydroxyl groups is 1. The van der Waals surface area contributed by atoms with E-state index in [-0.39, 0.29) is 35.5 Å². The maximum Gasteiger partial charge on any atom is 0.226 e. The van der Waals surface area contributed by atoms with Gasteiger partial charge in [-0.1, -0.05) is 89.1 Å². The second kappa shape index (κ2) is 15.4. The topological polar surface area (TPSA) is 69.6 Å². The van der Waals surface area contributed by atoms with Gasteiger partial charge in [-0.05, 0) is 98.7 Å². The number of carbonyl (C=O) groups excluding carboxylic acids is 2. The van der Waals surface area contributed by atoms with Crippen LogP contribution in [0.25, 0.3) is 0 Å². The third-order valence-corrected chi connectivity index (χ3v) is 10.8. The molecule has 0 radical (unpaired) electrons. The lowest BCUT2D eigenvalue weighted by atomic mass is 9.66. The van der Waals surface area contributed by atoms with Crippen LogP contribution in [0.4, 0.5) is 5.69 Å². The van der Waals surface area contributed by atoms with Gasteiger partial charge in [-0.25, -0.2) is 0 Å². The van der Waals surface area contributed by atoms with Crippen molar-refractivity contribution < 1.29 is 14.7 Å². The number of hydrogen-bond acceptors (Lipinski definition) is 3. The summed E-state index contributed by atoms with van der Waals surface area (Å²) in [5.41, 5.74) is 2.84. The van der Waals surface area contributed by atoms with Gasteiger partial charge in [0, 0.05) is 31.1 Å². The van der Waals surface area contributed by atoms with Crippen molar-refractivity contribution in [1.82, 2.24) is 4.90 Å². The average Bonchev–Trinajstić information content (AvgIpc) is 3.02. The fourth-order valence-electron chi connectivity index (χ4n) is 7.68. The van der Waals surface area contributed by atoms with E-state index in [0.29, 0.717) is 25.4 Å². The molecule has 5 heteroatoms. The fourth-order valence-corrected chi connectivity index (χ4v) is 7.68. The van der Waals surface area contributed by atoms with E-state index in [9.17, 15) is 14.7 Å². The molecule has 2 aromatic carbocycles. The largest absolute Gasteiger partial charge is 0.390 e. The third-order valence-electron chi connectivity index (χ3n) is 10.8. The predicted octanol–water partition coefficient (Wildman–Crippen LogP) is 8.30. The molecule has 2 fully saturated rings. The molecule has 1 aliphatic carbocycles. The van der Waals surface area contributed by atoms with Crippen LogP contribution >= 0.6 is 0 Å². The van der Waals surface area contributed by atoms with Crippen molar-refractivity contribution in [2.45, 2.75) is 122 Å². The molecule has 0 spiro atoms. The van der Waals surface area contributed by atoms with Crippen LogP contribution in [0.15, 0.2) is 54.6 Å². The highest BCUT2D eigenvalue weighted by molar-refractivity contribution is 5.92. The van der Waals surface area contributed by atoms with Crippen LogP contribution in [0.5, 0.6) is 0 Å². The molecule has 2 aromatic rings. The minimum atomic E-state index is -0.621. The molecule has 2 aliphatic rings. The Hall–Kier alpha value is -2.66. The molecule has 4 atom stereocenters. The number of aryl methyl sites for hydroxylation is 1. The Balaban J connectivity index is 1.57. The van der Waals surface area contributed by atoms with E-state index >= 15 is 0 Å². The van der Waals surface area contributed by atoms with Crippen molar-refractivity contribution in [3.63, 3.8) is 0 Å². The summed E-state index contributed by atoms with van der Waals surface area (Å²) in [6.07, 6.45) is 12.0. The molecule has 2 N–H and O–H groups in total. The molecule has 236 valence electrons. The fraction of sp³-hybridized carbons (Fsp3) is 0.632. The molecule has 1 saturated heterocycles. The number of nitrogens with one attached hydrogen (secondary N) is 1. The zero-order valence-electron chi connectivity index (χ0n) is 27.2. The Morgan fingerprint density at radius 3 is 2.37 bits per heavy atom. The number of amides is 2. The second-order valence-electron chi connectivity index (χ2n) is 13.8. The van der Waals surface area contributed by atoms with Gasteiger partial charge < -0.3 is 15.3 Å². The van der Waals surface area contributed by atoms with Crippen molar-refractivity contribution in [1.29, 1.82) is 0 Å². The van der Waals surface area contributed by atoms with E-state index in [1.54, 1.807) is 0 Å². The summed E-state index contributed by atoms with van der Waals surface area (Å²) in [5.74, 6) is 0.673. The summed E-state index contributed by atoms with van der Waals surface area (Å²) in [6.45, 7) is 9.90. The maximum absolute atomic E-state index is 14.1. The van der Waals surface area contributed by atoms with Crippen molar-refractivity contribution >= 4 is 17.5 Å². The van der Waals surface area contributed by atoms with Crippen LogP contribution < -0.4 is 5.32 Å². The van der Waals surface area contributed by atoms with Gasteiger partial charge >= 0.3 is 0 Å². The highest BCUT2D eigenvalue weighted by Crippen LogP contribution is 2.45. The standard InChI is InChI=1S/C38H56N2O3/c1-5-29(3)27-37(33-17-8-7-9-18-33)21-12-16-32(28-38(43)23-13-24-38)30(4)36(42)40(25-14-22-37)26-20-35(41)39-34-19-11-10-15-31(34)6-2/h7-11,15,17-19,29-30,32,43H,5-6,12-14,16,20-28H2,1-4H3,(H,39,41)/t29?,30?,32?,37-/m0/s1. The van der Waals surface area contributed by atoms with Gasteiger partial charge in [0.1, 0.15) is 0 Å². The molecule has 3 unspecified atom stereocenters. The monoisotopic (exact) mass is 588 g/mol. The molecule has 43 heavy (non-hydrogen) atoms. The smallest absolute Gasteiger partial charge is 0.226 e. The number of hydrogen-bond donors (Lipinski definition) is 2. The predicted molar refractivity (Wildman–Crippen MR) is 177 cm³/mol. The van der Waals surface area contributed by atoms with Gasteiger partial charge in [-0.15, -0.1) is 0 Å². The van der Waals surface area contributed by atoms with Crippen LogP contribution in [0.1, 0.15) is 116 Å². The Kier molecular flexibility index (Phi) is 11.9. The first-order valence-electron chi connectivity index (χ1n) is 17.1. The zero-order chi connectivity index (χ0) is 30.9. The summed E-state index contributed by atoms with van der Waals surface area (Å²) >= 11 is 0. The lowest BCUT2D eigenvalue weighted by Crippen LogP contribution is -2.44. The Morgan fingerprint density at radius 1 is 1.00 bits per heavy atom. The van der Waals surface area contributed by atoms with E-state index in [2.05, 4.69) is 63.3 Å². The van der Waals surface area contributed by atoms with Crippen molar-refractivity contribution in [3.05, 3.63) is 65.7 Å². The quantitative estimate of drug-likeness (QED) is 0.277. The minimum Gasteiger partial charge on any atom is -0.390 e. The average molecular weight is 589 g/mol. The van der Waals surface area contributed by atoms with Gasteiger partial charge in [0.05, 0.1) is 5.60 Å². The minimum absolute atomic E-state index is 0.0496. The molecule has 5 nitrogen and oxygen atoms in total. The van der Waals surface area contributed by atoms with E-state index < -0.39 is 5.60 Å². The molecule has 1 heterocycles. The number of nitrogens with zero attached hydrogens (tertiary/aromatic N) is 1. The van der Waals surface area contributed by atoms with Gasteiger partial charge in [-0.3, -0.25) is 9.59 Å². The Labute approximate surface area is 260 Å². The molecule has 2 amide bonds. The van der Waals surface area contributed by atoms with Crippen LogP contribution in [0.3, 0.4) is 0 Å². The van der Waals surface area contributed by atoms with Gasteiger partial charge in [0.25, 0.3) is 0 Å². The summed E-state index contributed by atoms with van der Waals surface area (Å²) < 4.78 is 0. The Morgan fingerprint density at radius 2 is 1.70 bits per heavy atom. The Bertz CT molecular complexity index is 1180. The maximum atomic E-state index is 14.1. The van der Waals surface area contributed by atoms with Crippen molar-refractivity contribution in [3.8, 4) is 0 Å². The van der Waals surface area contributed by atoms with Crippen molar-refractivity contribution in [2.75, 3.05) is 18.4 Å². The van der Waals surface area contributed by atoms with Gasteiger partial charge in [0.2, 0.25) is 11.8 Å². The molecule has 1 saturated carbocycles. The molecule has 0 bridgehead atoms. The lowest BCUT2D eigenvalue weighted by Gasteiger charge is -2.41. The normalized spacial score (nSPS) is 25.3.